The summed E-state index contributed by atoms with van der Waals surface area (Å²) in [6.07, 6.45) is -0.418. The molecule has 96 valence electrons. The Morgan fingerprint density at radius 1 is 1.39 bits per heavy atom. The van der Waals surface area contributed by atoms with E-state index in [0.717, 1.165) is 11.3 Å². The van der Waals surface area contributed by atoms with Gasteiger partial charge in [-0.15, -0.1) is 0 Å². The molecule has 0 aliphatic rings. The lowest BCUT2D eigenvalue weighted by molar-refractivity contribution is 0.127. The minimum absolute atomic E-state index is 0.186. The van der Waals surface area contributed by atoms with Crippen molar-refractivity contribution < 1.29 is 14.4 Å². The van der Waals surface area contributed by atoms with Crippen LogP contribution in [0.3, 0.4) is 0 Å². The summed E-state index contributed by atoms with van der Waals surface area (Å²) in [6, 6.07) is 7.26. The van der Waals surface area contributed by atoms with Gasteiger partial charge in [-0.05, 0) is 37.2 Å². The van der Waals surface area contributed by atoms with Gasteiger partial charge in [-0.2, -0.15) is 4.98 Å². The van der Waals surface area contributed by atoms with E-state index in [9.17, 15) is 5.11 Å². The molecule has 1 heterocycles. The van der Waals surface area contributed by atoms with Crippen LogP contribution in [0.25, 0.3) is 11.4 Å². The lowest BCUT2D eigenvalue weighted by atomic mass is 10.2. The van der Waals surface area contributed by atoms with E-state index in [0.29, 0.717) is 18.8 Å². The van der Waals surface area contributed by atoms with Crippen molar-refractivity contribution in [2.45, 2.75) is 12.5 Å². The Morgan fingerprint density at radius 3 is 2.72 bits per heavy atom. The van der Waals surface area contributed by atoms with Crippen LogP contribution in [0.4, 0.5) is 0 Å². The molecule has 2 rings (SSSR count). The van der Waals surface area contributed by atoms with Gasteiger partial charge in [0.25, 0.3) is 5.89 Å². The highest BCUT2D eigenvalue weighted by Crippen LogP contribution is 2.22. The zero-order valence-electron chi connectivity index (χ0n) is 10.0. The molecule has 6 nitrogen and oxygen atoms in total. The van der Waals surface area contributed by atoms with Crippen LogP contribution < -0.4 is 10.5 Å². The van der Waals surface area contributed by atoms with Gasteiger partial charge in [-0.25, -0.2) is 0 Å². The molecule has 18 heavy (non-hydrogen) atoms. The summed E-state index contributed by atoms with van der Waals surface area (Å²) >= 11 is 0. The average molecular weight is 249 g/mol. The molecular weight excluding hydrogens is 234 g/mol. The first-order valence-electron chi connectivity index (χ1n) is 5.60. The SMILES string of the molecule is COc1ccc(-c2noc([C@@H](O)CCN)n2)cc1. The molecule has 0 amide bonds. The van der Waals surface area contributed by atoms with Gasteiger partial charge in [0.15, 0.2) is 0 Å². The summed E-state index contributed by atoms with van der Waals surface area (Å²) in [4.78, 5) is 4.13. The maximum absolute atomic E-state index is 9.67. The van der Waals surface area contributed by atoms with Crippen LogP contribution in [-0.4, -0.2) is 28.9 Å². The zero-order valence-corrected chi connectivity index (χ0v) is 10.0. The van der Waals surface area contributed by atoms with Gasteiger partial charge in [-0.1, -0.05) is 5.16 Å². The van der Waals surface area contributed by atoms with Gasteiger partial charge in [0, 0.05) is 5.56 Å². The Balaban J connectivity index is 2.18. The summed E-state index contributed by atoms with van der Waals surface area (Å²) in [5, 5.41) is 13.5. The number of benzene rings is 1. The van der Waals surface area contributed by atoms with E-state index in [1.54, 1.807) is 7.11 Å². The summed E-state index contributed by atoms with van der Waals surface area (Å²) in [7, 11) is 1.60. The number of hydrogen-bond acceptors (Lipinski definition) is 6. The van der Waals surface area contributed by atoms with Crippen molar-refractivity contribution in [2.75, 3.05) is 13.7 Å². The number of aliphatic hydroxyl groups is 1. The molecule has 0 aliphatic carbocycles. The van der Waals surface area contributed by atoms with Crippen molar-refractivity contribution in [3.63, 3.8) is 0 Å². The Bertz CT molecular complexity index is 496. The number of methoxy groups -OCH3 is 1. The number of nitrogens with two attached hydrogens (primary N) is 1. The lowest BCUT2D eigenvalue weighted by Gasteiger charge is -2.01. The van der Waals surface area contributed by atoms with Crippen LogP contribution in [0.1, 0.15) is 18.4 Å². The molecule has 2 aromatic rings. The maximum Gasteiger partial charge on any atom is 0.255 e. The van der Waals surface area contributed by atoms with Crippen LogP contribution in [0.2, 0.25) is 0 Å². The molecule has 1 aromatic heterocycles. The van der Waals surface area contributed by atoms with Crippen molar-refractivity contribution in [2.24, 2.45) is 5.73 Å². The molecule has 0 saturated carbocycles. The molecule has 3 N–H and O–H groups in total. The Morgan fingerprint density at radius 2 is 2.11 bits per heavy atom. The van der Waals surface area contributed by atoms with Crippen LogP contribution in [-0.2, 0) is 0 Å². The first-order chi connectivity index (χ1) is 8.74. The van der Waals surface area contributed by atoms with E-state index in [1.165, 1.54) is 0 Å². The summed E-state index contributed by atoms with van der Waals surface area (Å²) in [6.45, 7) is 0.363. The third kappa shape index (κ3) is 2.66. The van der Waals surface area contributed by atoms with Crippen molar-refractivity contribution in [1.29, 1.82) is 0 Å². The quantitative estimate of drug-likeness (QED) is 0.824. The Labute approximate surface area is 104 Å². The minimum atomic E-state index is -0.811. The smallest absolute Gasteiger partial charge is 0.255 e. The van der Waals surface area contributed by atoms with E-state index >= 15 is 0 Å². The average Bonchev–Trinajstić information content (AvgIpc) is 2.89. The fourth-order valence-electron chi connectivity index (χ4n) is 1.51. The second-order valence-electron chi connectivity index (χ2n) is 3.78. The first kappa shape index (κ1) is 12.5. The number of hydrogen-bond donors (Lipinski definition) is 2. The van der Waals surface area contributed by atoms with Gasteiger partial charge in [0.2, 0.25) is 5.82 Å². The molecule has 6 heteroatoms. The van der Waals surface area contributed by atoms with Gasteiger partial charge in [0.1, 0.15) is 11.9 Å². The number of ether oxygens (including phenoxy) is 1. The fraction of sp³-hybridized carbons (Fsp3) is 0.333. The third-order valence-corrected chi connectivity index (χ3v) is 2.52. The van der Waals surface area contributed by atoms with Crippen LogP contribution in [0.5, 0.6) is 5.75 Å². The van der Waals surface area contributed by atoms with Crippen LogP contribution in [0.15, 0.2) is 28.8 Å². The van der Waals surface area contributed by atoms with E-state index in [1.807, 2.05) is 24.3 Å². The van der Waals surface area contributed by atoms with E-state index in [2.05, 4.69) is 10.1 Å². The maximum atomic E-state index is 9.67. The highest BCUT2D eigenvalue weighted by molar-refractivity contribution is 5.55. The first-order valence-corrected chi connectivity index (χ1v) is 5.60. The minimum Gasteiger partial charge on any atom is -0.497 e. The summed E-state index contributed by atoms with van der Waals surface area (Å²) in [5.74, 6) is 1.38. The molecular formula is C12H15N3O3. The lowest BCUT2D eigenvalue weighted by Crippen LogP contribution is -2.06. The fourth-order valence-corrected chi connectivity index (χ4v) is 1.51. The molecule has 1 aromatic carbocycles. The summed E-state index contributed by atoms with van der Waals surface area (Å²) < 4.78 is 10.1. The number of aliphatic hydroxyl groups excluding tert-OH is 1. The zero-order chi connectivity index (χ0) is 13.0. The Kier molecular flexibility index (Phi) is 3.91. The van der Waals surface area contributed by atoms with E-state index < -0.39 is 6.10 Å². The predicted octanol–water partition coefficient (Wildman–Crippen LogP) is 1.13. The number of rotatable bonds is 5. The number of nitrogens with zero attached hydrogens (tertiary/aromatic N) is 2. The molecule has 0 unspecified atom stereocenters. The highest BCUT2D eigenvalue weighted by Gasteiger charge is 2.16. The highest BCUT2D eigenvalue weighted by atomic mass is 16.5. The molecule has 0 radical (unpaired) electrons. The van der Waals surface area contributed by atoms with E-state index in [4.69, 9.17) is 15.0 Å². The number of aromatic nitrogens is 2. The van der Waals surface area contributed by atoms with Crippen molar-refractivity contribution in [1.82, 2.24) is 10.1 Å². The van der Waals surface area contributed by atoms with Gasteiger partial charge < -0.3 is 20.1 Å². The standard InChI is InChI=1S/C12H15N3O3/c1-17-9-4-2-8(3-5-9)11-14-12(18-15-11)10(16)6-7-13/h2-5,10,16H,6-7,13H2,1H3/t10-/m0/s1. The molecule has 0 saturated heterocycles. The molecule has 0 aliphatic heterocycles. The summed E-state index contributed by atoms with van der Waals surface area (Å²) in [5.41, 5.74) is 6.15. The second-order valence-corrected chi connectivity index (χ2v) is 3.78. The van der Waals surface area contributed by atoms with Crippen molar-refractivity contribution in [3.8, 4) is 17.1 Å². The molecule has 0 bridgehead atoms. The normalized spacial score (nSPS) is 12.4. The van der Waals surface area contributed by atoms with E-state index in [-0.39, 0.29) is 5.89 Å². The predicted molar refractivity (Wildman–Crippen MR) is 64.9 cm³/mol. The molecule has 0 fully saturated rings. The largest absolute Gasteiger partial charge is 0.497 e. The third-order valence-electron chi connectivity index (χ3n) is 2.52. The molecule has 1 atom stereocenters. The van der Waals surface area contributed by atoms with Crippen LogP contribution >= 0.6 is 0 Å². The topological polar surface area (TPSA) is 94.4 Å². The van der Waals surface area contributed by atoms with Crippen molar-refractivity contribution in [3.05, 3.63) is 30.2 Å². The van der Waals surface area contributed by atoms with Gasteiger partial charge >= 0.3 is 0 Å². The monoisotopic (exact) mass is 249 g/mol. The molecule has 0 spiro atoms. The van der Waals surface area contributed by atoms with Gasteiger partial charge in [0.05, 0.1) is 7.11 Å². The second kappa shape index (κ2) is 5.61. The Hall–Kier alpha value is -1.92. The van der Waals surface area contributed by atoms with Crippen molar-refractivity contribution >= 4 is 0 Å². The van der Waals surface area contributed by atoms with Crippen LogP contribution in [0, 0.1) is 0 Å². The van der Waals surface area contributed by atoms with Gasteiger partial charge in [-0.3, -0.25) is 0 Å².